The average molecular weight is 407 g/mol. The van der Waals surface area contributed by atoms with Crippen LogP contribution in [0.4, 0.5) is 0 Å². The maximum absolute atomic E-state index is 12.8. The van der Waals surface area contributed by atoms with Crippen molar-refractivity contribution in [2.24, 2.45) is 0 Å². The van der Waals surface area contributed by atoms with Crippen molar-refractivity contribution in [3.63, 3.8) is 0 Å². The molecule has 0 aliphatic rings. The molecule has 1 N–H and O–H groups in total. The highest BCUT2D eigenvalue weighted by atomic mass is 32.2. The highest BCUT2D eigenvalue weighted by Gasteiger charge is 2.13. The Labute approximate surface area is 173 Å². The first kappa shape index (κ1) is 19.3. The van der Waals surface area contributed by atoms with E-state index in [9.17, 15) is 4.79 Å². The third-order valence-electron chi connectivity index (χ3n) is 4.65. The van der Waals surface area contributed by atoms with Crippen molar-refractivity contribution in [2.45, 2.75) is 31.0 Å². The number of aromatic nitrogens is 3. The smallest absolute Gasteiger partial charge is 0.252 e. The SMILES string of the molecule is Cc1cc(CSc2ccccc2C(=O)NCCn2c(C)nc3ccccc32)no1. The fourth-order valence-corrected chi connectivity index (χ4v) is 4.20. The summed E-state index contributed by atoms with van der Waals surface area (Å²) < 4.78 is 7.24. The molecule has 0 aliphatic heterocycles. The van der Waals surface area contributed by atoms with Crippen LogP contribution in [0.5, 0.6) is 0 Å². The molecule has 2 heterocycles. The molecule has 0 bridgehead atoms. The minimum absolute atomic E-state index is 0.0773. The number of fused-ring (bicyclic) bond motifs is 1. The monoisotopic (exact) mass is 406 g/mol. The molecular weight excluding hydrogens is 384 g/mol. The Kier molecular flexibility index (Phi) is 5.67. The van der Waals surface area contributed by atoms with Crippen LogP contribution >= 0.6 is 11.8 Å². The lowest BCUT2D eigenvalue weighted by atomic mass is 10.2. The summed E-state index contributed by atoms with van der Waals surface area (Å²) in [5.74, 6) is 2.31. The van der Waals surface area contributed by atoms with Gasteiger partial charge in [0.15, 0.2) is 0 Å². The van der Waals surface area contributed by atoms with Crippen LogP contribution in [0.3, 0.4) is 0 Å². The highest BCUT2D eigenvalue weighted by molar-refractivity contribution is 7.98. The number of rotatable bonds is 7. The van der Waals surface area contributed by atoms with Gasteiger partial charge in [0.25, 0.3) is 5.91 Å². The van der Waals surface area contributed by atoms with Crippen molar-refractivity contribution >= 4 is 28.7 Å². The number of imidazole rings is 1. The number of nitrogens with zero attached hydrogens (tertiary/aromatic N) is 3. The summed E-state index contributed by atoms with van der Waals surface area (Å²) in [4.78, 5) is 18.3. The van der Waals surface area contributed by atoms with Gasteiger partial charge in [0.1, 0.15) is 11.6 Å². The van der Waals surface area contributed by atoms with Crippen molar-refractivity contribution in [2.75, 3.05) is 6.54 Å². The lowest BCUT2D eigenvalue weighted by Crippen LogP contribution is -2.27. The van der Waals surface area contributed by atoms with Crippen molar-refractivity contribution in [1.29, 1.82) is 0 Å². The van der Waals surface area contributed by atoms with Crippen molar-refractivity contribution in [3.05, 3.63) is 77.4 Å². The summed E-state index contributed by atoms with van der Waals surface area (Å²) in [6.45, 7) is 5.06. The van der Waals surface area contributed by atoms with Gasteiger partial charge in [-0.2, -0.15) is 0 Å². The lowest BCUT2D eigenvalue weighted by molar-refractivity contribution is 0.0949. The number of para-hydroxylation sites is 2. The molecule has 0 radical (unpaired) electrons. The maximum Gasteiger partial charge on any atom is 0.252 e. The number of carbonyl (C=O) groups excluding carboxylic acids is 1. The molecule has 0 saturated carbocycles. The summed E-state index contributed by atoms with van der Waals surface area (Å²) in [7, 11) is 0. The van der Waals surface area contributed by atoms with Crippen LogP contribution in [0.25, 0.3) is 11.0 Å². The molecule has 29 heavy (non-hydrogen) atoms. The Morgan fingerprint density at radius 3 is 2.76 bits per heavy atom. The van der Waals surface area contributed by atoms with Gasteiger partial charge in [0.2, 0.25) is 0 Å². The summed E-state index contributed by atoms with van der Waals surface area (Å²) in [5.41, 5.74) is 3.59. The zero-order chi connectivity index (χ0) is 20.2. The molecule has 2 aromatic carbocycles. The molecule has 1 amide bonds. The van der Waals surface area contributed by atoms with Gasteiger partial charge in [-0.25, -0.2) is 4.98 Å². The second-order valence-electron chi connectivity index (χ2n) is 6.77. The topological polar surface area (TPSA) is 73.0 Å². The van der Waals surface area contributed by atoms with E-state index >= 15 is 0 Å². The van der Waals surface area contributed by atoms with Gasteiger partial charge >= 0.3 is 0 Å². The van der Waals surface area contributed by atoms with Crippen LogP contribution in [-0.2, 0) is 12.3 Å². The molecule has 0 fully saturated rings. The molecule has 0 saturated heterocycles. The van der Waals surface area contributed by atoms with Crippen molar-refractivity contribution in [3.8, 4) is 0 Å². The van der Waals surface area contributed by atoms with Gasteiger partial charge in [-0.05, 0) is 38.1 Å². The maximum atomic E-state index is 12.8. The number of carbonyl (C=O) groups is 1. The standard InChI is InChI=1S/C22H22N4O2S/c1-15-13-17(25-28-15)14-29-21-10-6-3-7-18(21)22(27)23-11-12-26-16(2)24-19-8-4-5-9-20(19)26/h3-10,13H,11-12,14H2,1-2H3,(H,23,27). The summed E-state index contributed by atoms with van der Waals surface area (Å²) in [6, 6.07) is 17.6. The quantitative estimate of drug-likeness (QED) is 0.462. The van der Waals surface area contributed by atoms with Crippen LogP contribution in [0.15, 0.2) is 64.0 Å². The number of aryl methyl sites for hydroxylation is 2. The molecule has 4 aromatic rings. The van der Waals surface area contributed by atoms with Gasteiger partial charge in [-0.1, -0.05) is 29.4 Å². The van der Waals surface area contributed by atoms with E-state index in [0.717, 1.165) is 33.2 Å². The first-order valence-electron chi connectivity index (χ1n) is 9.46. The molecule has 0 atom stereocenters. The minimum atomic E-state index is -0.0773. The summed E-state index contributed by atoms with van der Waals surface area (Å²) in [5, 5.41) is 7.05. The predicted octanol–water partition coefficient (Wildman–Crippen LogP) is 4.36. The first-order valence-corrected chi connectivity index (χ1v) is 10.4. The molecular formula is C22H22N4O2S. The first-order chi connectivity index (χ1) is 14.1. The Morgan fingerprint density at radius 1 is 1.14 bits per heavy atom. The van der Waals surface area contributed by atoms with Crippen LogP contribution in [-0.4, -0.2) is 27.2 Å². The third kappa shape index (κ3) is 4.35. The minimum Gasteiger partial charge on any atom is -0.361 e. The molecule has 2 aromatic heterocycles. The number of thioether (sulfide) groups is 1. The second-order valence-corrected chi connectivity index (χ2v) is 7.79. The number of hydrogen-bond acceptors (Lipinski definition) is 5. The van der Waals surface area contributed by atoms with Crippen molar-refractivity contribution in [1.82, 2.24) is 20.0 Å². The van der Waals surface area contributed by atoms with E-state index in [1.54, 1.807) is 11.8 Å². The zero-order valence-electron chi connectivity index (χ0n) is 16.4. The molecule has 4 rings (SSSR count). The second kappa shape index (κ2) is 8.53. The Morgan fingerprint density at radius 2 is 1.93 bits per heavy atom. The van der Waals surface area contributed by atoms with Crippen LogP contribution in [0, 0.1) is 13.8 Å². The molecule has 0 unspecified atom stereocenters. The van der Waals surface area contributed by atoms with Gasteiger partial charge < -0.3 is 14.4 Å². The fourth-order valence-electron chi connectivity index (χ4n) is 3.27. The molecule has 0 aliphatic carbocycles. The molecule has 0 spiro atoms. The van der Waals surface area contributed by atoms with E-state index < -0.39 is 0 Å². The predicted molar refractivity (Wildman–Crippen MR) is 114 cm³/mol. The lowest BCUT2D eigenvalue weighted by Gasteiger charge is -2.11. The van der Waals surface area contributed by atoms with Crippen LogP contribution in [0.1, 0.15) is 27.6 Å². The summed E-state index contributed by atoms with van der Waals surface area (Å²) >= 11 is 1.58. The van der Waals surface area contributed by atoms with E-state index in [1.807, 2.05) is 62.4 Å². The third-order valence-corrected chi connectivity index (χ3v) is 5.76. The van der Waals surface area contributed by atoms with E-state index in [4.69, 9.17) is 4.52 Å². The largest absolute Gasteiger partial charge is 0.361 e. The highest BCUT2D eigenvalue weighted by Crippen LogP contribution is 2.26. The van der Waals surface area contributed by atoms with Gasteiger partial charge in [0, 0.05) is 29.8 Å². The Bertz CT molecular complexity index is 1150. The zero-order valence-corrected chi connectivity index (χ0v) is 17.2. The molecule has 7 heteroatoms. The van der Waals surface area contributed by atoms with E-state index in [0.29, 0.717) is 24.4 Å². The van der Waals surface area contributed by atoms with Gasteiger partial charge in [-0.3, -0.25) is 4.79 Å². The number of benzene rings is 2. The van der Waals surface area contributed by atoms with E-state index in [1.165, 1.54) is 0 Å². The normalized spacial score (nSPS) is 11.1. The van der Waals surface area contributed by atoms with E-state index in [-0.39, 0.29) is 5.91 Å². The number of amides is 1. The molecule has 6 nitrogen and oxygen atoms in total. The van der Waals surface area contributed by atoms with Crippen molar-refractivity contribution < 1.29 is 9.32 Å². The molecule has 148 valence electrons. The number of nitrogens with one attached hydrogen (secondary N) is 1. The van der Waals surface area contributed by atoms with Gasteiger partial charge in [0.05, 0.1) is 22.3 Å². The Balaban J connectivity index is 1.40. The van der Waals surface area contributed by atoms with Gasteiger partial charge in [-0.15, -0.1) is 11.8 Å². The number of hydrogen-bond donors (Lipinski definition) is 1. The summed E-state index contributed by atoms with van der Waals surface area (Å²) in [6.07, 6.45) is 0. The Hall–Kier alpha value is -3.06. The van der Waals surface area contributed by atoms with Crippen LogP contribution in [0.2, 0.25) is 0 Å². The van der Waals surface area contributed by atoms with E-state index in [2.05, 4.69) is 26.1 Å². The average Bonchev–Trinajstić information content (AvgIpc) is 3.29. The fraction of sp³-hybridized carbons (Fsp3) is 0.227. The van der Waals surface area contributed by atoms with Crippen LogP contribution < -0.4 is 5.32 Å².